The Hall–Kier alpha value is -2.76. The maximum atomic E-state index is 14.1. The molecule has 124 valence electrons. The van der Waals surface area contributed by atoms with E-state index >= 15 is 0 Å². The number of hydrogen-bond acceptors (Lipinski definition) is 1. The van der Waals surface area contributed by atoms with Gasteiger partial charge < -0.3 is 9.88 Å². The van der Waals surface area contributed by atoms with Crippen molar-refractivity contribution in [2.24, 2.45) is 7.05 Å². The SMILES string of the molecule is CNC(=O)c1c(C)c2cc(F)cc(-c3ccc(F)c(F)c3)c2n1C. The van der Waals surface area contributed by atoms with Gasteiger partial charge in [-0.3, -0.25) is 4.79 Å². The molecule has 0 atom stereocenters. The standard InChI is InChI=1S/C18H15F3N2O/c1-9-12-7-11(19)8-13(10-4-5-14(20)15(21)6-10)17(12)23(3)16(9)18(24)22-2/h4-8H,1-3H3,(H,22,24). The van der Waals surface area contributed by atoms with Crippen LogP contribution in [-0.4, -0.2) is 17.5 Å². The highest BCUT2D eigenvalue weighted by Gasteiger charge is 2.21. The smallest absolute Gasteiger partial charge is 0.267 e. The molecule has 0 unspecified atom stereocenters. The molecule has 3 nitrogen and oxygen atoms in total. The van der Waals surface area contributed by atoms with Crippen LogP contribution in [0.5, 0.6) is 0 Å². The normalized spacial score (nSPS) is 11.1. The minimum absolute atomic E-state index is 0.303. The first-order chi connectivity index (χ1) is 11.3. The summed E-state index contributed by atoms with van der Waals surface area (Å²) >= 11 is 0. The van der Waals surface area contributed by atoms with E-state index in [0.29, 0.717) is 33.3 Å². The summed E-state index contributed by atoms with van der Waals surface area (Å²) in [5.74, 6) is -2.80. The largest absolute Gasteiger partial charge is 0.354 e. The van der Waals surface area contributed by atoms with E-state index in [1.165, 1.54) is 25.2 Å². The second-order valence-corrected chi connectivity index (χ2v) is 5.59. The van der Waals surface area contributed by atoms with Crippen molar-refractivity contribution in [1.29, 1.82) is 0 Å². The lowest BCUT2D eigenvalue weighted by Crippen LogP contribution is -2.21. The number of benzene rings is 2. The Morgan fingerprint density at radius 1 is 1.08 bits per heavy atom. The lowest BCUT2D eigenvalue weighted by Gasteiger charge is -2.09. The van der Waals surface area contributed by atoms with Gasteiger partial charge in [-0.1, -0.05) is 6.07 Å². The molecule has 2 aromatic carbocycles. The molecule has 0 aliphatic carbocycles. The Morgan fingerprint density at radius 3 is 2.42 bits per heavy atom. The van der Waals surface area contributed by atoms with Crippen LogP contribution in [0.25, 0.3) is 22.0 Å². The van der Waals surface area contributed by atoms with Crippen LogP contribution in [0.1, 0.15) is 16.1 Å². The molecule has 0 aliphatic rings. The lowest BCUT2D eigenvalue weighted by atomic mass is 10.0. The zero-order valence-electron chi connectivity index (χ0n) is 13.4. The van der Waals surface area contributed by atoms with E-state index in [9.17, 15) is 18.0 Å². The molecule has 1 heterocycles. The number of amides is 1. The van der Waals surface area contributed by atoms with Gasteiger partial charge in [0.1, 0.15) is 11.5 Å². The summed E-state index contributed by atoms with van der Waals surface area (Å²) in [5.41, 5.74) is 2.32. The van der Waals surface area contributed by atoms with E-state index in [1.807, 2.05) is 0 Å². The molecule has 0 fully saturated rings. The van der Waals surface area contributed by atoms with E-state index in [2.05, 4.69) is 5.32 Å². The number of fused-ring (bicyclic) bond motifs is 1. The minimum Gasteiger partial charge on any atom is -0.354 e. The van der Waals surface area contributed by atoms with Crippen LogP contribution in [0.4, 0.5) is 13.2 Å². The maximum Gasteiger partial charge on any atom is 0.267 e. The zero-order valence-corrected chi connectivity index (χ0v) is 13.4. The molecule has 3 rings (SSSR count). The van der Waals surface area contributed by atoms with Crippen molar-refractivity contribution in [3.05, 3.63) is 59.0 Å². The van der Waals surface area contributed by atoms with Crippen LogP contribution in [0, 0.1) is 24.4 Å². The van der Waals surface area contributed by atoms with Gasteiger partial charge in [0.05, 0.1) is 5.52 Å². The summed E-state index contributed by atoms with van der Waals surface area (Å²) in [4.78, 5) is 12.1. The Kier molecular flexibility index (Phi) is 3.83. The first-order valence-electron chi connectivity index (χ1n) is 7.31. The Labute approximate surface area is 136 Å². The van der Waals surface area contributed by atoms with Crippen molar-refractivity contribution in [1.82, 2.24) is 9.88 Å². The van der Waals surface area contributed by atoms with Crippen LogP contribution in [0.15, 0.2) is 30.3 Å². The van der Waals surface area contributed by atoms with Gasteiger partial charge in [-0.25, -0.2) is 13.2 Å². The number of rotatable bonds is 2. The summed E-state index contributed by atoms with van der Waals surface area (Å²) in [6.07, 6.45) is 0. The number of carbonyl (C=O) groups is 1. The second kappa shape index (κ2) is 5.70. The molecule has 1 N–H and O–H groups in total. The minimum atomic E-state index is -1.01. The van der Waals surface area contributed by atoms with Gasteiger partial charge in [-0.15, -0.1) is 0 Å². The van der Waals surface area contributed by atoms with Gasteiger partial charge in [0, 0.05) is 25.0 Å². The number of hydrogen-bond donors (Lipinski definition) is 1. The second-order valence-electron chi connectivity index (χ2n) is 5.59. The molecule has 6 heteroatoms. The topological polar surface area (TPSA) is 34.0 Å². The molecule has 0 saturated carbocycles. The van der Waals surface area contributed by atoms with Crippen molar-refractivity contribution < 1.29 is 18.0 Å². The van der Waals surface area contributed by atoms with E-state index in [4.69, 9.17) is 0 Å². The highest BCUT2D eigenvalue weighted by atomic mass is 19.2. The fraction of sp³-hybridized carbons (Fsp3) is 0.167. The van der Waals surface area contributed by atoms with Gasteiger partial charge in [-0.05, 0) is 42.3 Å². The average Bonchev–Trinajstić information content (AvgIpc) is 2.80. The van der Waals surface area contributed by atoms with Crippen molar-refractivity contribution >= 4 is 16.8 Å². The number of aromatic nitrogens is 1. The quantitative estimate of drug-likeness (QED) is 0.758. The number of nitrogens with one attached hydrogen (secondary N) is 1. The van der Waals surface area contributed by atoms with E-state index in [-0.39, 0.29) is 5.91 Å². The molecule has 0 saturated heterocycles. The third-order valence-corrected chi connectivity index (χ3v) is 4.18. The predicted molar refractivity (Wildman–Crippen MR) is 86.4 cm³/mol. The summed E-state index contributed by atoms with van der Waals surface area (Å²) in [6, 6.07) is 5.99. The molecular formula is C18H15F3N2O. The molecule has 0 bridgehead atoms. The summed E-state index contributed by atoms with van der Waals surface area (Å²) in [6.45, 7) is 1.72. The average molecular weight is 332 g/mol. The van der Waals surface area contributed by atoms with Crippen LogP contribution < -0.4 is 5.32 Å². The first kappa shape index (κ1) is 16.1. The lowest BCUT2D eigenvalue weighted by molar-refractivity contribution is 0.0955. The van der Waals surface area contributed by atoms with Crippen molar-refractivity contribution in [3.8, 4) is 11.1 Å². The fourth-order valence-corrected chi connectivity index (χ4v) is 3.06. The highest BCUT2D eigenvalue weighted by molar-refractivity contribution is 6.05. The van der Waals surface area contributed by atoms with Crippen LogP contribution >= 0.6 is 0 Å². The molecule has 1 amide bonds. The third kappa shape index (κ3) is 2.35. The molecule has 0 radical (unpaired) electrons. The Balaban J connectivity index is 2.40. The highest BCUT2D eigenvalue weighted by Crippen LogP contribution is 2.35. The number of halogens is 3. The van der Waals surface area contributed by atoms with E-state index in [0.717, 1.165) is 12.1 Å². The number of carbonyl (C=O) groups excluding carboxylic acids is 1. The molecular weight excluding hydrogens is 317 g/mol. The van der Waals surface area contributed by atoms with Crippen LogP contribution in [0.3, 0.4) is 0 Å². The number of aryl methyl sites for hydroxylation is 2. The first-order valence-corrected chi connectivity index (χ1v) is 7.31. The number of nitrogens with zero attached hydrogens (tertiary/aromatic N) is 1. The maximum absolute atomic E-state index is 14.1. The van der Waals surface area contributed by atoms with Gasteiger partial charge in [0.25, 0.3) is 5.91 Å². The summed E-state index contributed by atoms with van der Waals surface area (Å²) < 4.78 is 42.5. The van der Waals surface area contributed by atoms with E-state index in [1.54, 1.807) is 18.5 Å². The predicted octanol–water partition coefficient (Wildman–Crippen LogP) is 3.93. The van der Waals surface area contributed by atoms with Gasteiger partial charge >= 0.3 is 0 Å². The summed E-state index contributed by atoms with van der Waals surface area (Å²) in [5, 5.41) is 3.10. The van der Waals surface area contributed by atoms with Crippen molar-refractivity contribution in [2.75, 3.05) is 7.05 Å². The molecule has 3 aromatic rings. The zero-order chi connectivity index (χ0) is 17.6. The van der Waals surface area contributed by atoms with Crippen molar-refractivity contribution in [3.63, 3.8) is 0 Å². The summed E-state index contributed by atoms with van der Waals surface area (Å²) in [7, 11) is 3.19. The molecule has 0 aliphatic heterocycles. The van der Waals surface area contributed by atoms with Gasteiger partial charge in [-0.2, -0.15) is 0 Å². The third-order valence-electron chi connectivity index (χ3n) is 4.18. The van der Waals surface area contributed by atoms with Crippen LogP contribution in [-0.2, 0) is 7.05 Å². The molecule has 0 spiro atoms. The molecule has 1 aromatic heterocycles. The molecule has 24 heavy (non-hydrogen) atoms. The Bertz CT molecular complexity index is 976. The fourth-order valence-electron chi connectivity index (χ4n) is 3.06. The Morgan fingerprint density at radius 2 is 1.79 bits per heavy atom. The van der Waals surface area contributed by atoms with Gasteiger partial charge in [0.2, 0.25) is 0 Å². The van der Waals surface area contributed by atoms with Gasteiger partial charge in [0.15, 0.2) is 11.6 Å². The van der Waals surface area contributed by atoms with Crippen molar-refractivity contribution in [2.45, 2.75) is 6.92 Å². The van der Waals surface area contributed by atoms with E-state index < -0.39 is 17.5 Å². The van der Waals surface area contributed by atoms with Crippen LogP contribution in [0.2, 0.25) is 0 Å². The monoisotopic (exact) mass is 332 g/mol.